The highest BCUT2D eigenvalue weighted by Gasteiger charge is 2.60. The molecule has 17 heavy (non-hydrogen) atoms. The average Bonchev–Trinajstić information content (AvgIpc) is 2.35. The van der Waals surface area contributed by atoms with Crippen LogP contribution in [0.5, 0.6) is 0 Å². The second kappa shape index (κ2) is 4.24. The van der Waals surface area contributed by atoms with Gasteiger partial charge in [0.05, 0.1) is 11.7 Å². The number of aliphatic hydroxyl groups is 2. The fourth-order valence-corrected chi connectivity index (χ4v) is 4.35. The molecule has 2 nitrogen and oxygen atoms in total. The SMILES string of the molecule is CC(C)[C@@]1(O)[C@H](O)C[C@@]2(C)CC[C@@H](C)CC[C@H]21. The summed E-state index contributed by atoms with van der Waals surface area (Å²) in [7, 11) is 0. The summed E-state index contributed by atoms with van der Waals surface area (Å²) in [5.74, 6) is 1.18. The first-order valence-electron chi connectivity index (χ1n) is 7.21. The molecule has 5 atom stereocenters. The summed E-state index contributed by atoms with van der Waals surface area (Å²) in [6.45, 7) is 8.68. The Kier molecular flexibility index (Phi) is 3.33. The highest BCUT2D eigenvalue weighted by molar-refractivity contribution is 5.10. The summed E-state index contributed by atoms with van der Waals surface area (Å²) in [5, 5.41) is 21.3. The normalized spacial score (nSPS) is 51.4. The molecule has 0 aliphatic heterocycles. The van der Waals surface area contributed by atoms with Crippen LogP contribution in [0, 0.1) is 23.2 Å². The van der Waals surface area contributed by atoms with E-state index in [2.05, 4.69) is 13.8 Å². The van der Waals surface area contributed by atoms with E-state index in [-0.39, 0.29) is 17.3 Å². The number of fused-ring (bicyclic) bond motifs is 1. The Balaban J connectivity index is 2.32. The predicted molar refractivity (Wildman–Crippen MR) is 69.6 cm³/mol. The Morgan fingerprint density at radius 3 is 2.41 bits per heavy atom. The maximum atomic E-state index is 11.0. The van der Waals surface area contributed by atoms with Crippen LogP contribution in [0.4, 0.5) is 0 Å². The van der Waals surface area contributed by atoms with Crippen LogP contribution in [0.3, 0.4) is 0 Å². The minimum atomic E-state index is -0.862. The van der Waals surface area contributed by atoms with E-state index in [1.165, 1.54) is 12.8 Å². The van der Waals surface area contributed by atoms with Crippen LogP contribution >= 0.6 is 0 Å². The Bertz CT molecular complexity index is 289. The van der Waals surface area contributed by atoms with Crippen LogP contribution in [0.2, 0.25) is 0 Å². The van der Waals surface area contributed by atoms with Gasteiger partial charge in [-0.15, -0.1) is 0 Å². The van der Waals surface area contributed by atoms with E-state index in [1.54, 1.807) is 0 Å². The molecule has 0 spiro atoms. The molecule has 2 N–H and O–H groups in total. The lowest BCUT2D eigenvalue weighted by atomic mass is 9.69. The van der Waals surface area contributed by atoms with E-state index >= 15 is 0 Å². The zero-order valence-corrected chi connectivity index (χ0v) is 11.7. The molecule has 0 unspecified atom stereocenters. The third-order valence-corrected chi connectivity index (χ3v) is 5.67. The molecule has 2 fully saturated rings. The van der Waals surface area contributed by atoms with Crippen LogP contribution < -0.4 is 0 Å². The summed E-state index contributed by atoms with van der Waals surface area (Å²) in [4.78, 5) is 0. The molecule has 2 heteroatoms. The van der Waals surface area contributed by atoms with Gasteiger partial charge in [0.2, 0.25) is 0 Å². The molecule has 2 saturated carbocycles. The molecular weight excluding hydrogens is 212 g/mol. The van der Waals surface area contributed by atoms with Gasteiger partial charge < -0.3 is 10.2 Å². The van der Waals surface area contributed by atoms with Crippen LogP contribution in [-0.4, -0.2) is 21.9 Å². The first kappa shape index (κ1) is 13.4. The number of hydrogen-bond acceptors (Lipinski definition) is 2. The topological polar surface area (TPSA) is 40.5 Å². The van der Waals surface area contributed by atoms with E-state index in [9.17, 15) is 10.2 Å². The van der Waals surface area contributed by atoms with Crippen LogP contribution in [0.15, 0.2) is 0 Å². The Morgan fingerprint density at radius 1 is 1.18 bits per heavy atom. The standard InChI is InChI=1S/C15H28O2/c1-10(2)15(17)12-6-5-11(3)7-8-14(12,4)9-13(15)16/h10-13,16-17H,5-9H2,1-4H3/t11-,12+,13+,14+,15-/m0/s1. The van der Waals surface area contributed by atoms with Gasteiger partial charge in [-0.1, -0.05) is 40.5 Å². The van der Waals surface area contributed by atoms with Gasteiger partial charge in [0, 0.05) is 0 Å². The molecule has 100 valence electrons. The highest BCUT2D eigenvalue weighted by atomic mass is 16.3. The molecule has 0 aromatic rings. The Morgan fingerprint density at radius 2 is 1.82 bits per heavy atom. The van der Waals surface area contributed by atoms with Crippen LogP contribution in [0.1, 0.15) is 59.8 Å². The minimum Gasteiger partial charge on any atom is -0.390 e. The van der Waals surface area contributed by atoms with E-state index in [0.29, 0.717) is 0 Å². The summed E-state index contributed by atoms with van der Waals surface area (Å²) >= 11 is 0. The highest BCUT2D eigenvalue weighted by Crippen LogP contribution is 2.58. The van der Waals surface area contributed by atoms with E-state index in [4.69, 9.17) is 0 Å². The smallest absolute Gasteiger partial charge is 0.0961 e. The summed E-state index contributed by atoms with van der Waals surface area (Å²) in [5.41, 5.74) is -0.720. The zero-order chi connectivity index (χ0) is 12.8. The second-order valence-corrected chi connectivity index (χ2v) is 7.19. The van der Waals surface area contributed by atoms with Gasteiger partial charge in [-0.05, 0) is 42.4 Å². The fourth-order valence-electron chi connectivity index (χ4n) is 4.35. The minimum absolute atomic E-state index is 0.137. The molecule has 0 amide bonds. The molecule has 0 aromatic heterocycles. The van der Waals surface area contributed by atoms with Gasteiger partial charge in [-0.2, -0.15) is 0 Å². The lowest BCUT2D eigenvalue weighted by molar-refractivity contribution is -0.121. The van der Waals surface area contributed by atoms with Gasteiger partial charge >= 0.3 is 0 Å². The number of rotatable bonds is 1. The van der Waals surface area contributed by atoms with Crippen molar-refractivity contribution in [2.24, 2.45) is 23.2 Å². The fraction of sp³-hybridized carbons (Fsp3) is 1.00. The van der Waals surface area contributed by atoms with Crippen LogP contribution in [0.25, 0.3) is 0 Å². The van der Waals surface area contributed by atoms with Crippen molar-refractivity contribution < 1.29 is 10.2 Å². The van der Waals surface area contributed by atoms with Crippen molar-refractivity contribution in [3.8, 4) is 0 Å². The summed E-state index contributed by atoms with van der Waals surface area (Å²) < 4.78 is 0. The largest absolute Gasteiger partial charge is 0.390 e. The van der Waals surface area contributed by atoms with Crippen molar-refractivity contribution in [2.45, 2.75) is 71.5 Å². The Hall–Kier alpha value is -0.0800. The van der Waals surface area contributed by atoms with E-state index in [1.807, 2.05) is 13.8 Å². The van der Waals surface area contributed by atoms with E-state index < -0.39 is 11.7 Å². The van der Waals surface area contributed by atoms with Crippen molar-refractivity contribution in [2.75, 3.05) is 0 Å². The van der Waals surface area contributed by atoms with Gasteiger partial charge in [0.1, 0.15) is 0 Å². The Labute approximate surface area is 105 Å². The first-order valence-corrected chi connectivity index (χ1v) is 7.21. The first-order chi connectivity index (χ1) is 7.80. The third kappa shape index (κ3) is 1.94. The van der Waals surface area contributed by atoms with Gasteiger partial charge in [0.15, 0.2) is 0 Å². The lowest BCUT2D eigenvalue weighted by Gasteiger charge is -2.40. The van der Waals surface area contributed by atoms with Gasteiger partial charge in [-0.3, -0.25) is 0 Å². The average molecular weight is 240 g/mol. The quantitative estimate of drug-likeness (QED) is 0.740. The number of hydrogen-bond donors (Lipinski definition) is 2. The molecule has 0 aromatic carbocycles. The van der Waals surface area contributed by atoms with Crippen molar-refractivity contribution in [1.29, 1.82) is 0 Å². The maximum absolute atomic E-state index is 11.0. The van der Waals surface area contributed by atoms with Crippen molar-refractivity contribution >= 4 is 0 Å². The molecule has 2 rings (SSSR count). The van der Waals surface area contributed by atoms with Gasteiger partial charge in [0.25, 0.3) is 0 Å². The van der Waals surface area contributed by atoms with Crippen LogP contribution in [-0.2, 0) is 0 Å². The van der Waals surface area contributed by atoms with Crippen molar-refractivity contribution in [3.05, 3.63) is 0 Å². The zero-order valence-electron chi connectivity index (χ0n) is 11.7. The maximum Gasteiger partial charge on any atom is 0.0961 e. The van der Waals surface area contributed by atoms with E-state index in [0.717, 1.165) is 25.2 Å². The van der Waals surface area contributed by atoms with Crippen molar-refractivity contribution in [1.82, 2.24) is 0 Å². The van der Waals surface area contributed by atoms with Crippen molar-refractivity contribution in [3.63, 3.8) is 0 Å². The molecule has 2 aliphatic carbocycles. The molecular formula is C15H28O2. The molecule has 0 heterocycles. The molecule has 0 bridgehead atoms. The summed E-state index contributed by atoms with van der Waals surface area (Å²) in [6, 6.07) is 0. The molecule has 0 saturated heterocycles. The van der Waals surface area contributed by atoms with Gasteiger partial charge in [-0.25, -0.2) is 0 Å². The molecule has 2 aliphatic rings. The number of aliphatic hydroxyl groups excluding tert-OH is 1. The summed E-state index contributed by atoms with van der Waals surface area (Å²) in [6.07, 6.45) is 4.91. The predicted octanol–water partition coefficient (Wildman–Crippen LogP) is 2.97. The third-order valence-electron chi connectivity index (χ3n) is 5.67. The molecule has 0 radical (unpaired) electrons. The monoisotopic (exact) mass is 240 g/mol. The lowest BCUT2D eigenvalue weighted by Crippen LogP contribution is -2.49. The second-order valence-electron chi connectivity index (χ2n) is 7.19.